The molecule has 0 fully saturated rings. The number of rotatable bonds is 5. The standard InChI is InChI=1S/C23H24N6O2.C3H4O/c1-28-12-16(10-14-6-4-5-7-17(14)28)29-23-20(22(24)25-13-26-23)21(27-29)15-8-9-18(30-2)19(11-15)31-3;1-2-3-4/h4-9,11,13,16H,10,12H2,1-3H3,(H2,24,25,26);2-3H,1H2. The molecule has 0 saturated heterocycles. The van der Waals surface area contributed by atoms with Crippen LogP contribution in [0.4, 0.5) is 11.5 Å². The Morgan fingerprint density at radius 3 is 2.57 bits per heavy atom. The summed E-state index contributed by atoms with van der Waals surface area (Å²) in [5.41, 5.74) is 11.2. The molecule has 9 nitrogen and oxygen atoms in total. The Balaban J connectivity index is 0.000000672. The fourth-order valence-electron chi connectivity index (χ4n) is 4.39. The minimum atomic E-state index is 0.116. The van der Waals surface area contributed by atoms with Gasteiger partial charge in [-0.2, -0.15) is 5.10 Å². The van der Waals surface area contributed by atoms with Crippen molar-refractivity contribution in [3.05, 3.63) is 67.0 Å². The van der Waals surface area contributed by atoms with Crippen molar-refractivity contribution in [2.75, 3.05) is 38.4 Å². The highest BCUT2D eigenvalue weighted by Crippen LogP contribution is 2.38. The minimum Gasteiger partial charge on any atom is -0.493 e. The van der Waals surface area contributed by atoms with E-state index in [1.807, 2.05) is 22.9 Å². The van der Waals surface area contributed by atoms with Crippen LogP contribution < -0.4 is 20.1 Å². The number of aromatic nitrogens is 4. The number of ether oxygens (including phenoxy) is 2. The number of anilines is 2. The second-order valence-electron chi connectivity index (χ2n) is 8.06. The normalized spacial score (nSPS) is 14.5. The molecule has 0 saturated carbocycles. The van der Waals surface area contributed by atoms with Crippen molar-refractivity contribution >= 4 is 28.8 Å². The van der Waals surface area contributed by atoms with Crippen LogP contribution in [0.2, 0.25) is 0 Å². The zero-order chi connectivity index (χ0) is 24.9. The van der Waals surface area contributed by atoms with E-state index in [0.29, 0.717) is 23.6 Å². The van der Waals surface area contributed by atoms with Crippen molar-refractivity contribution in [1.29, 1.82) is 0 Å². The van der Waals surface area contributed by atoms with Crippen LogP contribution in [0.5, 0.6) is 11.5 Å². The highest BCUT2D eigenvalue weighted by atomic mass is 16.5. The van der Waals surface area contributed by atoms with Gasteiger partial charge >= 0.3 is 0 Å². The largest absolute Gasteiger partial charge is 0.493 e. The third-order valence-electron chi connectivity index (χ3n) is 5.96. The molecule has 1 unspecified atom stereocenters. The number of para-hydroxylation sites is 1. The van der Waals surface area contributed by atoms with Crippen LogP contribution in [0, 0.1) is 0 Å². The van der Waals surface area contributed by atoms with Crippen LogP contribution >= 0.6 is 0 Å². The molecule has 0 amide bonds. The van der Waals surface area contributed by atoms with Gasteiger partial charge in [-0.1, -0.05) is 24.8 Å². The van der Waals surface area contributed by atoms with Crippen molar-refractivity contribution in [2.45, 2.75) is 12.5 Å². The van der Waals surface area contributed by atoms with Crippen LogP contribution in [0.15, 0.2) is 61.4 Å². The lowest BCUT2D eigenvalue weighted by Crippen LogP contribution is -2.34. The number of methoxy groups -OCH3 is 2. The van der Waals surface area contributed by atoms with Crippen LogP contribution in [0.3, 0.4) is 0 Å². The summed E-state index contributed by atoms with van der Waals surface area (Å²) in [5, 5.41) is 5.74. The number of hydrogen-bond donors (Lipinski definition) is 1. The maximum absolute atomic E-state index is 9.06. The van der Waals surface area contributed by atoms with Gasteiger partial charge in [-0.3, -0.25) is 4.79 Å². The van der Waals surface area contributed by atoms with Gasteiger partial charge in [-0.25, -0.2) is 14.6 Å². The van der Waals surface area contributed by atoms with E-state index in [2.05, 4.69) is 52.8 Å². The van der Waals surface area contributed by atoms with Gasteiger partial charge in [0.2, 0.25) is 0 Å². The van der Waals surface area contributed by atoms with E-state index in [1.165, 1.54) is 23.7 Å². The Kier molecular flexibility index (Phi) is 6.96. The number of hydrogen-bond acceptors (Lipinski definition) is 8. The van der Waals surface area contributed by atoms with E-state index in [-0.39, 0.29) is 6.04 Å². The molecule has 2 aromatic carbocycles. The lowest BCUT2D eigenvalue weighted by atomic mass is 9.98. The van der Waals surface area contributed by atoms with Crippen LogP contribution in [0.25, 0.3) is 22.3 Å². The van der Waals surface area contributed by atoms with E-state index >= 15 is 0 Å². The summed E-state index contributed by atoms with van der Waals surface area (Å²) >= 11 is 0. The lowest BCUT2D eigenvalue weighted by Gasteiger charge is -2.33. The molecular weight excluding hydrogens is 444 g/mol. The molecule has 1 aliphatic rings. The zero-order valence-corrected chi connectivity index (χ0v) is 20.0. The SMILES string of the molecule is C=CC=O.COc1ccc(-c2nn(C3Cc4ccccc4N(C)C3)c3ncnc(N)c23)cc1OC. The number of aldehydes is 1. The Labute approximate surface area is 203 Å². The molecule has 5 rings (SSSR count). The van der Waals surface area contributed by atoms with Crippen molar-refractivity contribution in [2.24, 2.45) is 0 Å². The molecule has 35 heavy (non-hydrogen) atoms. The van der Waals surface area contributed by atoms with Gasteiger partial charge in [0.25, 0.3) is 0 Å². The van der Waals surface area contributed by atoms with Crippen LogP contribution in [-0.4, -0.2) is 53.8 Å². The maximum Gasteiger partial charge on any atom is 0.164 e. The highest BCUT2D eigenvalue weighted by molar-refractivity contribution is 5.98. The van der Waals surface area contributed by atoms with E-state index in [1.54, 1.807) is 14.2 Å². The zero-order valence-electron chi connectivity index (χ0n) is 20.0. The number of allylic oxidation sites excluding steroid dienone is 1. The Morgan fingerprint density at radius 1 is 1.11 bits per heavy atom. The van der Waals surface area contributed by atoms with Gasteiger partial charge in [-0.05, 0) is 42.3 Å². The number of benzene rings is 2. The molecule has 1 atom stereocenters. The van der Waals surface area contributed by atoms with E-state index in [4.69, 9.17) is 25.1 Å². The highest BCUT2D eigenvalue weighted by Gasteiger charge is 2.28. The first kappa shape index (κ1) is 23.7. The van der Waals surface area contributed by atoms with Crippen LogP contribution in [-0.2, 0) is 11.2 Å². The fourth-order valence-corrected chi connectivity index (χ4v) is 4.39. The van der Waals surface area contributed by atoms with Crippen molar-refractivity contribution < 1.29 is 14.3 Å². The van der Waals surface area contributed by atoms with Gasteiger partial charge in [0.1, 0.15) is 24.1 Å². The quantitative estimate of drug-likeness (QED) is 0.346. The first-order chi connectivity index (χ1) is 17.0. The fraction of sp³-hybridized carbons (Fsp3) is 0.231. The van der Waals surface area contributed by atoms with Gasteiger partial charge in [0.05, 0.1) is 25.6 Å². The van der Waals surface area contributed by atoms with E-state index in [9.17, 15) is 0 Å². The third kappa shape index (κ3) is 4.52. The summed E-state index contributed by atoms with van der Waals surface area (Å²) in [5.74, 6) is 1.69. The number of nitrogens with two attached hydrogens (primary N) is 1. The summed E-state index contributed by atoms with van der Waals surface area (Å²) < 4.78 is 12.9. The van der Waals surface area contributed by atoms with E-state index in [0.717, 1.165) is 35.3 Å². The Bertz CT molecular complexity index is 1360. The average molecular weight is 473 g/mol. The molecular formula is C26H28N6O3. The molecule has 9 heteroatoms. The molecule has 180 valence electrons. The predicted molar refractivity (Wildman–Crippen MR) is 137 cm³/mol. The molecule has 4 aromatic rings. The first-order valence-corrected chi connectivity index (χ1v) is 11.1. The summed E-state index contributed by atoms with van der Waals surface area (Å²) in [7, 11) is 5.34. The first-order valence-electron chi connectivity index (χ1n) is 11.1. The number of fused-ring (bicyclic) bond motifs is 2. The molecule has 0 aliphatic carbocycles. The Hall–Kier alpha value is -4.40. The number of nitrogen functional groups attached to an aromatic ring is 1. The number of carbonyl (C=O) groups excluding carboxylic acids is 1. The van der Waals surface area contributed by atoms with Gasteiger partial charge in [0.15, 0.2) is 17.1 Å². The second-order valence-corrected chi connectivity index (χ2v) is 8.06. The van der Waals surface area contributed by atoms with Crippen LogP contribution in [0.1, 0.15) is 11.6 Å². The molecule has 1 aliphatic heterocycles. The molecule has 0 radical (unpaired) electrons. The van der Waals surface area contributed by atoms with Gasteiger partial charge in [-0.15, -0.1) is 0 Å². The molecule has 0 bridgehead atoms. The molecule has 0 spiro atoms. The Morgan fingerprint density at radius 2 is 1.86 bits per heavy atom. The predicted octanol–water partition coefficient (Wildman–Crippen LogP) is 3.70. The smallest absolute Gasteiger partial charge is 0.164 e. The summed E-state index contributed by atoms with van der Waals surface area (Å²) in [6.45, 7) is 3.93. The van der Waals surface area contributed by atoms with Crippen molar-refractivity contribution in [3.8, 4) is 22.8 Å². The summed E-state index contributed by atoms with van der Waals surface area (Å²) in [4.78, 5) is 20.1. The number of likely N-dealkylation sites (N-methyl/N-ethyl adjacent to an activating group) is 1. The van der Waals surface area contributed by atoms with Crippen molar-refractivity contribution in [3.63, 3.8) is 0 Å². The topological polar surface area (TPSA) is 108 Å². The van der Waals surface area contributed by atoms with E-state index < -0.39 is 0 Å². The summed E-state index contributed by atoms with van der Waals surface area (Å²) in [6, 6.07) is 14.3. The molecule has 2 aromatic heterocycles. The molecule has 3 heterocycles. The monoisotopic (exact) mass is 472 g/mol. The summed E-state index contributed by atoms with van der Waals surface area (Å²) in [6.07, 6.45) is 4.20. The maximum atomic E-state index is 9.06. The van der Waals surface area contributed by atoms with Gasteiger partial charge < -0.3 is 20.1 Å². The number of nitrogens with zero attached hydrogens (tertiary/aromatic N) is 5. The molecule has 2 N–H and O–H groups in total. The van der Waals surface area contributed by atoms with Gasteiger partial charge in [0, 0.05) is 24.8 Å². The van der Waals surface area contributed by atoms with Crippen molar-refractivity contribution in [1.82, 2.24) is 19.7 Å². The third-order valence-corrected chi connectivity index (χ3v) is 5.96. The lowest BCUT2D eigenvalue weighted by molar-refractivity contribution is -0.104. The minimum absolute atomic E-state index is 0.116. The average Bonchev–Trinajstić information content (AvgIpc) is 3.29. The number of carbonyl (C=O) groups is 1. The second kappa shape index (κ2) is 10.3.